The van der Waals surface area contributed by atoms with E-state index in [-0.39, 0.29) is 11.9 Å². The Bertz CT molecular complexity index is 1040. The Morgan fingerprint density at radius 3 is 2.73 bits per heavy atom. The van der Waals surface area contributed by atoms with Gasteiger partial charge in [-0.25, -0.2) is 9.67 Å². The van der Waals surface area contributed by atoms with E-state index in [0.29, 0.717) is 23.2 Å². The van der Waals surface area contributed by atoms with Crippen molar-refractivity contribution in [2.75, 3.05) is 0 Å². The van der Waals surface area contributed by atoms with Crippen molar-refractivity contribution in [3.8, 4) is 17.3 Å². The number of aromatic nitrogens is 5. The van der Waals surface area contributed by atoms with Gasteiger partial charge in [-0.3, -0.25) is 4.79 Å². The van der Waals surface area contributed by atoms with Crippen molar-refractivity contribution in [2.24, 2.45) is 0 Å². The van der Waals surface area contributed by atoms with Crippen molar-refractivity contribution in [3.63, 3.8) is 0 Å². The Kier molecular flexibility index (Phi) is 5.06. The largest absolute Gasteiger partial charge is 0.349 e. The van der Waals surface area contributed by atoms with Gasteiger partial charge in [0, 0.05) is 23.7 Å². The number of carbonyl (C=O) groups is 1. The van der Waals surface area contributed by atoms with Crippen LogP contribution in [0.3, 0.4) is 0 Å². The lowest BCUT2D eigenvalue weighted by atomic mass is 10.1. The number of hydrogen-bond acceptors (Lipinski definition) is 6. The maximum atomic E-state index is 12.8. The summed E-state index contributed by atoms with van der Waals surface area (Å²) in [6, 6.07) is 3.95. The fourth-order valence-corrected chi connectivity index (χ4v) is 4.08. The van der Waals surface area contributed by atoms with Crippen LogP contribution in [0.15, 0.2) is 29.0 Å². The summed E-state index contributed by atoms with van der Waals surface area (Å²) in [5.41, 5.74) is 2.13. The van der Waals surface area contributed by atoms with Gasteiger partial charge in [-0.15, -0.1) is 0 Å². The number of amides is 1. The number of pyridine rings is 1. The number of carbonyl (C=O) groups excluding carboxylic acids is 1. The highest BCUT2D eigenvalue weighted by Gasteiger charge is 2.29. The highest BCUT2D eigenvalue weighted by Crippen LogP contribution is 2.38. The van der Waals surface area contributed by atoms with Gasteiger partial charge < -0.3 is 9.84 Å². The maximum Gasteiger partial charge on any atom is 0.258 e. The van der Waals surface area contributed by atoms with Gasteiger partial charge in [-0.05, 0) is 44.7 Å². The molecule has 156 valence electrons. The zero-order valence-corrected chi connectivity index (χ0v) is 17.2. The zero-order valence-electron chi connectivity index (χ0n) is 17.2. The molecule has 0 atom stereocenters. The van der Waals surface area contributed by atoms with Crippen LogP contribution in [0.25, 0.3) is 17.3 Å². The van der Waals surface area contributed by atoms with Gasteiger partial charge in [0.15, 0.2) is 11.6 Å². The third-order valence-corrected chi connectivity index (χ3v) is 6.04. The molecule has 0 bridgehead atoms. The Hall–Kier alpha value is -3.03. The van der Waals surface area contributed by atoms with Crippen LogP contribution in [0.4, 0.5) is 0 Å². The Balaban J connectivity index is 1.36. The van der Waals surface area contributed by atoms with Gasteiger partial charge in [-0.2, -0.15) is 10.1 Å². The van der Waals surface area contributed by atoms with Crippen LogP contribution in [-0.2, 0) is 0 Å². The van der Waals surface area contributed by atoms with Crippen molar-refractivity contribution in [3.05, 3.63) is 41.6 Å². The van der Waals surface area contributed by atoms with Crippen molar-refractivity contribution in [1.82, 2.24) is 30.2 Å². The molecule has 2 aliphatic carbocycles. The maximum absolute atomic E-state index is 12.8. The minimum atomic E-state index is -0.0622. The van der Waals surface area contributed by atoms with Crippen molar-refractivity contribution in [1.29, 1.82) is 0 Å². The molecule has 3 heterocycles. The molecule has 5 rings (SSSR count). The third kappa shape index (κ3) is 3.86. The van der Waals surface area contributed by atoms with E-state index in [1.54, 1.807) is 17.1 Å². The Labute approximate surface area is 175 Å². The summed E-state index contributed by atoms with van der Waals surface area (Å²) in [6.45, 7) is 1.89. The van der Waals surface area contributed by atoms with Gasteiger partial charge >= 0.3 is 0 Å². The summed E-state index contributed by atoms with van der Waals surface area (Å²) >= 11 is 0. The van der Waals surface area contributed by atoms with E-state index in [2.05, 4.69) is 25.5 Å². The van der Waals surface area contributed by atoms with E-state index in [1.165, 1.54) is 25.7 Å². The van der Waals surface area contributed by atoms with E-state index < -0.39 is 0 Å². The highest BCUT2D eigenvalue weighted by molar-refractivity contribution is 5.95. The molecule has 0 aliphatic heterocycles. The molecule has 0 radical (unpaired) electrons. The zero-order chi connectivity index (χ0) is 20.5. The average Bonchev–Trinajstić information content (AvgIpc) is 3.44. The summed E-state index contributed by atoms with van der Waals surface area (Å²) in [4.78, 5) is 21.8. The summed E-state index contributed by atoms with van der Waals surface area (Å²) in [5, 5.41) is 11.7. The van der Waals surface area contributed by atoms with E-state index >= 15 is 0 Å². The predicted octanol–water partition coefficient (Wildman–Crippen LogP) is 3.96. The quantitative estimate of drug-likeness (QED) is 0.644. The standard InChI is InChI=1S/C22H26N6O2/c1-14-18(21(29)25-17-6-4-2-3-5-7-17)13-24-28(14)19-12-16(10-11-23-19)22-26-20(27-30-22)15-8-9-15/h10-13,15,17H,2-9H2,1H3,(H,25,29). The lowest BCUT2D eigenvalue weighted by Crippen LogP contribution is -2.34. The average molecular weight is 406 g/mol. The normalized spacial score (nSPS) is 17.6. The second-order valence-corrected chi connectivity index (χ2v) is 8.35. The third-order valence-electron chi connectivity index (χ3n) is 6.04. The van der Waals surface area contributed by atoms with E-state index in [4.69, 9.17) is 4.52 Å². The molecule has 0 aromatic carbocycles. The van der Waals surface area contributed by atoms with Crippen LogP contribution >= 0.6 is 0 Å². The molecule has 8 heteroatoms. The molecule has 2 aliphatic rings. The molecular formula is C22H26N6O2. The van der Waals surface area contributed by atoms with Crippen molar-refractivity contribution < 1.29 is 9.32 Å². The summed E-state index contributed by atoms with van der Waals surface area (Å²) in [6.07, 6.45) is 12.5. The van der Waals surface area contributed by atoms with Crippen molar-refractivity contribution in [2.45, 2.75) is 70.3 Å². The van der Waals surface area contributed by atoms with E-state index in [1.807, 2.05) is 19.1 Å². The second kappa shape index (κ2) is 8.01. The number of nitrogens with one attached hydrogen (secondary N) is 1. The van der Waals surface area contributed by atoms with E-state index in [0.717, 1.165) is 42.8 Å². The molecule has 2 saturated carbocycles. The SMILES string of the molecule is Cc1c(C(=O)NC2CCCCCC2)cnn1-c1cc(-c2nc(C3CC3)no2)ccn1. The molecule has 8 nitrogen and oxygen atoms in total. The molecular weight excluding hydrogens is 380 g/mol. The van der Waals surface area contributed by atoms with E-state index in [9.17, 15) is 4.79 Å². The first-order chi connectivity index (χ1) is 14.7. The second-order valence-electron chi connectivity index (χ2n) is 8.35. The molecule has 3 aromatic heterocycles. The molecule has 0 saturated heterocycles. The number of rotatable bonds is 5. The molecule has 0 unspecified atom stereocenters. The topological polar surface area (TPSA) is 98.7 Å². The minimum absolute atomic E-state index is 0.0622. The van der Waals surface area contributed by atoms with Gasteiger partial charge in [0.1, 0.15) is 0 Å². The predicted molar refractivity (Wildman–Crippen MR) is 110 cm³/mol. The first kappa shape index (κ1) is 19.0. The number of nitrogens with zero attached hydrogens (tertiary/aromatic N) is 5. The fraction of sp³-hybridized carbons (Fsp3) is 0.500. The first-order valence-corrected chi connectivity index (χ1v) is 10.8. The summed E-state index contributed by atoms with van der Waals surface area (Å²) in [5.74, 6) is 2.25. The van der Waals surface area contributed by atoms with Gasteiger partial charge in [0.2, 0.25) is 0 Å². The van der Waals surface area contributed by atoms with Crippen LogP contribution in [-0.4, -0.2) is 36.9 Å². The van der Waals surface area contributed by atoms with Crippen LogP contribution < -0.4 is 5.32 Å². The highest BCUT2D eigenvalue weighted by atomic mass is 16.5. The van der Waals surface area contributed by atoms with Gasteiger partial charge in [-0.1, -0.05) is 30.8 Å². The fourth-order valence-electron chi connectivity index (χ4n) is 4.08. The molecule has 0 spiro atoms. The van der Waals surface area contributed by atoms with Crippen LogP contribution in [0.5, 0.6) is 0 Å². The summed E-state index contributed by atoms with van der Waals surface area (Å²) in [7, 11) is 0. The first-order valence-electron chi connectivity index (χ1n) is 10.8. The minimum Gasteiger partial charge on any atom is -0.349 e. The molecule has 30 heavy (non-hydrogen) atoms. The summed E-state index contributed by atoms with van der Waals surface area (Å²) < 4.78 is 7.11. The van der Waals surface area contributed by atoms with Gasteiger partial charge in [0.05, 0.1) is 17.5 Å². The van der Waals surface area contributed by atoms with Crippen LogP contribution in [0, 0.1) is 6.92 Å². The lowest BCUT2D eigenvalue weighted by molar-refractivity contribution is 0.0932. The molecule has 3 aromatic rings. The number of hydrogen-bond donors (Lipinski definition) is 1. The van der Waals surface area contributed by atoms with Gasteiger partial charge in [0.25, 0.3) is 11.8 Å². The van der Waals surface area contributed by atoms with Crippen LogP contribution in [0.1, 0.15) is 79.2 Å². The molecule has 1 N–H and O–H groups in total. The smallest absolute Gasteiger partial charge is 0.258 e. The Morgan fingerprint density at radius 1 is 1.17 bits per heavy atom. The van der Waals surface area contributed by atoms with Crippen molar-refractivity contribution >= 4 is 5.91 Å². The monoisotopic (exact) mass is 406 g/mol. The lowest BCUT2D eigenvalue weighted by Gasteiger charge is -2.16. The Morgan fingerprint density at radius 2 is 1.97 bits per heavy atom. The van der Waals surface area contributed by atoms with Crippen LogP contribution in [0.2, 0.25) is 0 Å². The molecule has 1 amide bonds. The molecule has 2 fully saturated rings.